The van der Waals surface area contributed by atoms with Crippen molar-refractivity contribution in [2.75, 3.05) is 26.4 Å². The van der Waals surface area contributed by atoms with Crippen LogP contribution in [0.3, 0.4) is 0 Å². The largest absolute Gasteiger partial charge is 0.494 e. The molecule has 0 aliphatic heterocycles. The van der Waals surface area contributed by atoms with Crippen LogP contribution < -0.4 is 9.47 Å². The lowest BCUT2D eigenvalue weighted by atomic mass is 10.1. The van der Waals surface area contributed by atoms with Gasteiger partial charge in [0.2, 0.25) is 0 Å². The average Bonchev–Trinajstić information content (AvgIpc) is 3.03. The Labute approximate surface area is 341 Å². The zero-order chi connectivity index (χ0) is 42.6. The van der Waals surface area contributed by atoms with Crippen molar-refractivity contribution in [2.24, 2.45) is 0 Å². The van der Waals surface area contributed by atoms with E-state index in [2.05, 4.69) is 91.7 Å². The minimum atomic E-state index is -2.20. The van der Waals surface area contributed by atoms with Gasteiger partial charge in [0.1, 0.15) is 24.7 Å². The molecule has 56 heavy (non-hydrogen) atoms. The first-order valence-corrected chi connectivity index (χ1v) is 38.0. The van der Waals surface area contributed by atoms with Crippen molar-refractivity contribution in [2.45, 2.75) is 117 Å². The Bertz CT molecular complexity index is 1480. The molecule has 12 nitrogen and oxygen atoms in total. The van der Waals surface area contributed by atoms with Gasteiger partial charge in [0.15, 0.2) is 33.3 Å². The fraction of sp³-hybridized carbons (Fsp3) is 0.579. The van der Waals surface area contributed by atoms with E-state index in [1.807, 2.05) is 0 Å². The van der Waals surface area contributed by atoms with E-state index in [-0.39, 0.29) is 24.3 Å². The minimum absolute atomic E-state index is 0.131. The Morgan fingerprint density at radius 2 is 0.732 bits per heavy atom. The number of rotatable bonds is 25. The number of benzene rings is 2. The molecule has 0 aliphatic rings. The molecule has 18 heteroatoms. The monoisotopic (exact) mass is 882 g/mol. The smallest absolute Gasteiger partial charge is 0.379 e. The summed E-state index contributed by atoms with van der Waals surface area (Å²) in [7, 11) is -11.7. The predicted molar refractivity (Wildman–Crippen MR) is 234 cm³/mol. The normalized spacial score (nSPS) is 12.9. The van der Waals surface area contributed by atoms with Gasteiger partial charge in [0.25, 0.3) is 11.6 Å². The van der Waals surface area contributed by atoms with Crippen molar-refractivity contribution >= 4 is 73.9 Å². The summed E-state index contributed by atoms with van der Waals surface area (Å²) in [5.74, 6) is -2.77. The Kier molecular flexibility index (Phi) is 18.5. The molecular weight excluding hydrogens is 817 g/mol. The third-order valence-electron chi connectivity index (χ3n) is 7.69. The van der Waals surface area contributed by atoms with Gasteiger partial charge in [-0.2, -0.15) is 0 Å². The number of hydrogen-bond donors (Lipinski definition) is 0. The molecule has 0 radical (unpaired) electrons. The van der Waals surface area contributed by atoms with Crippen molar-refractivity contribution in [3.8, 4) is 11.5 Å². The van der Waals surface area contributed by atoms with Crippen molar-refractivity contribution in [1.29, 1.82) is 0 Å². The van der Waals surface area contributed by atoms with E-state index < -0.39 is 73.9 Å². The molecular formula is C38H66O12Si6. The minimum Gasteiger partial charge on any atom is -0.494 e. The molecule has 0 aliphatic carbocycles. The van der Waals surface area contributed by atoms with Crippen molar-refractivity contribution in [1.82, 2.24) is 0 Å². The summed E-state index contributed by atoms with van der Waals surface area (Å²) in [6.07, 6.45) is 1.63. The number of esters is 2. The van der Waals surface area contributed by atoms with Gasteiger partial charge in [-0.05, 0) is 165 Å². The Hall–Kier alpha value is -2.54. The maximum Gasteiger partial charge on any atom is 0.379 e. The van der Waals surface area contributed by atoms with E-state index in [4.69, 9.17) is 35.4 Å². The van der Waals surface area contributed by atoms with Gasteiger partial charge in [-0.15, -0.1) is 0 Å². The topological polar surface area (TPSA) is 142 Å². The Balaban J connectivity index is 1.70. The Morgan fingerprint density at radius 3 is 1.02 bits per heavy atom. The summed E-state index contributed by atoms with van der Waals surface area (Å²) in [6, 6.07) is 14.3. The molecule has 0 unspecified atom stereocenters. The molecule has 2 aromatic carbocycles. The van der Waals surface area contributed by atoms with Crippen molar-refractivity contribution in [3.63, 3.8) is 0 Å². The van der Waals surface area contributed by atoms with Gasteiger partial charge < -0.3 is 35.4 Å². The van der Waals surface area contributed by atoms with Crippen LogP contribution in [0.25, 0.3) is 0 Å². The lowest BCUT2D eigenvalue weighted by Crippen LogP contribution is -2.51. The van der Waals surface area contributed by atoms with E-state index in [0.29, 0.717) is 24.7 Å². The number of carbonyl (C=O) groups excluding carboxylic acids is 4. The molecule has 314 valence electrons. The first-order valence-electron chi connectivity index (χ1n) is 19.3. The SMILES string of the molecule is C[Si](C)(C)O[Si](C)(C)O[Si](C)(C)CCCOc1ccc(C(=O)C(=O)OCCOC(=O)C(=O)c2ccc(OCCC[Si](C)(C)O[Si](C)(C)O[Si](C)(C)C)cc2)cc1. The summed E-state index contributed by atoms with van der Waals surface area (Å²) >= 11 is 0. The molecule has 2 aromatic rings. The van der Waals surface area contributed by atoms with Crippen molar-refractivity contribution < 1.29 is 54.6 Å². The van der Waals surface area contributed by atoms with Gasteiger partial charge >= 0.3 is 29.1 Å². The lowest BCUT2D eigenvalue weighted by Gasteiger charge is -2.37. The highest BCUT2D eigenvalue weighted by Crippen LogP contribution is 2.26. The van der Waals surface area contributed by atoms with Crippen LogP contribution >= 0.6 is 0 Å². The molecule has 0 bridgehead atoms. The second-order valence-corrected chi connectivity index (χ2v) is 43.2. The van der Waals surface area contributed by atoms with Gasteiger partial charge in [0, 0.05) is 11.1 Å². The molecule has 2 rings (SSSR count). The van der Waals surface area contributed by atoms with E-state index in [9.17, 15) is 19.2 Å². The van der Waals surface area contributed by atoms with Crippen LogP contribution in [0.2, 0.25) is 104 Å². The van der Waals surface area contributed by atoms with Gasteiger partial charge in [-0.3, -0.25) is 9.59 Å². The summed E-state index contributed by atoms with van der Waals surface area (Å²) in [6.45, 7) is 30.5. The fourth-order valence-electron chi connectivity index (χ4n) is 6.37. The van der Waals surface area contributed by atoms with Gasteiger partial charge in [-0.25, -0.2) is 9.59 Å². The fourth-order valence-corrected chi connectivity index (χ4v) is 32.7. The third kappa shape index (κ3) is 20.2. The summed E-state index contributed by atoms with van der Waals surface area (Å²) in [5.41, 5.74) is 0.262. The van der Waals surface area contributed by atoms with Crippen LogP contribution in [0.5, 0.6) is 11.5 Å². The van der Waals surface area contributed by atoms with Crippen LogP contribution in [0.1, 0.15) is 33.6 Å². The zero-order valence-electron chi connectivity index (χ0n) is 36.2. The second kappa shape index (κ2) is 20.9. The van der Waals surface area contributed by atoms with Crippen LogP contribution in [0.15, 0.2) is 48.5 Å². The number of carbonyl (C=O) groups is 4. The molecule has 0 saturated heterocycles. The van der Waals surface area contributed by atoms with Gasteiger partial charge in [0.05, 0.1) is 13.2 Å². The van der Waals surface area contributed by atoms with Gasteiger partial charge in [-0.1, -0.05) is 0 Å². The molecule has 0 spiro atoms. The predicted octanol–water partition coefficient (Wildman–Crippen LogP) is 8.93. The first kappa shape index (κ1) is 49.6. The van der Waals surface area contributed by atoms with Crippen LogP contribution in [0, 0.1) is 0 Å². The van der Waals surface area contributed by atoms with Crippen LogP contribution in [-0.4, -0.2) is 100 Å². The molecule has 0 atom stereocenters. The third-order valence-corrected chi connectivity index (χ3v) is 28.0. The summed E-state index contributed by atoms with van der Waals surface area (Å²) in [5, 5.41) is 0. The molecule has 0 fully saturated rings. The summed E-state index contributed by atoms with van der Waals surface area (Å²) in [4.78, 5) is 49.9. The van der Waals surface area contributed by atoms with Crippen LogP contribution in [0.4, 0.5) is 0 Å². The summed E-state index contributed by atoms with van der Waals surface area (Å²) < 4.78 is 47.4. The Morgan fingerprint density at radius 1 is 0.429 bits per heavy atom. The standard InChI is InChI=1S/C38H66O12Si6/c1-51(2,3)47-55(11,12)49-53(7,8)29-15-25-43-33-21-17-31(18-22-33)35(39)37(41)45-27-28-46-38(42)36(40)32-19-23-34(24-20-32)44-26-16-30-54(9,10)50-56(13,14)48-52(4,5)6/h17-24H,15-16,25-30H2,1-14H3. The first-order chi connectivity index (χ1) is 25.6. The highest BCUT2D eigenvalue weighted by Gasteiger charge is 2.39. The number of ketones is 2. The van der Waals surface area contributed by atoms with E-state index >= 15 is 0 Å². The molecule has 0 heterocycles. The number of ether oxygens (including phenoxy) is 4. The molecule has 0 aromatic heterocycles. The molecule has 0 N–H and O–H groups in total. The maximum atomic E-state index is 12.6. The molecule has 0 saturated carbocycles. The average molecular weight is 883 g/mol. The highest BCUT2D eigenvalue weighted by atomic mass is 28.5. The van der Waals surface area contributed by atoms with E-state index in [0.717, 1.165) is 24.9 Å². The molecule has 0 amide bonds. The van der Waals surface area contributed by atoms with Crippen LogP contribution in [-0.2, 0) is 35.5 Å². The zero-order valence-corrected chi connectivity index (χ0v) is 42.2. The maximum absolute atomic E-state index is 12.6. The lowest BCUT2D eigenvalue weighted by molar-refractivity contribution is -0.146. The number of Topliss-reactive ketones (excluding diaryl/α,β-unsaturated/α-hetero) is 2. The van der Waals surface area contributed by atoms with E-state index in [1.165, 1.54) is 24.3 Å². The second-order valence-electron chi connectivity index (χ2n) is 17.8. The highest BCUT2D eigenvalue weighted by molar-refractivity contribution is 6.88. The number of hydrogen-bond acceptors (Lipinski definition) is 12. The van der Waals surface area contributed by atoms with Crippen molar-refractivity contribution in [3.05, 3.63) is 59.7 Å². The quantitative estimate of drug-likeness (QED) is 0.0309. The van der Waals surface area contributed by atoms with E-state index in [1.54, 1.807) is 24.3 Å².